The van der Waals surface area contributed by atoms with Gasteiger partial charge in [0.25, 0.3) is 0 Å². The van der Waals surface area contributed by atoms with E-state index in [1.165, 1.54) is 27.0 Å². The van der Waals surface area contributed by atoms with Crippen LogP contribution in [0.2, 0.25) is 0 Å². The molecule has 3 heterocycles. The van der Waals surface area contributed by atoms with E-state index in [2.05, 4.69) is 125 Å². The van der Waals surface area contributed by atoms with Gasteiger partial charge < -0.3 is 4.90 Å². The molecule has 2 aromatic heterocycles. The summed E-state index contributed by atoms with van der Waals surface area (Å²) in [7, 11) is 0. The van der Waals surface area contributed by atoms with Gasteiger partial charge in [-0.2, -0.15) is 0 Å². The molecule has 40 heavy (non-hydrogen) atoms. The molecule has 0 amide bonds. The highest BCUT2D eigenvalue weighted by molar-refractivity contribution is 7.21. The standard InChI is InChI=1S/C36H23N3S/c1-2-13-28-27(12-1)29-14-3-5-17-33(29)39(26-11-9-10-24(22-26)31-15-7-8-21-37-31)34-23-25(19-20-30(28)34)36-38-32-16-4-6-18-35(32)40-36/h1-23H. The van der Waals surface area contributed by atoms with E-state index in [1.807, 2.05) is 24.4 Å². The highest BCUT2D eigenvalue weighted by atomic mass is 32.1. The quantitative estimate of drug-likeness (QED) is 0.228. The number of rotatable bonds is 3. The Bertz CT molecular complexity index is 1990. The molecule has 0 bridgehead atoms. The van der Waals surface area contributed by atoms with Crippen molar-refractivity contribution in [3.05, 3.63) is 140 Å². The van der Waals surface area contributed by atoms with Crippen LogP contribution in [0.4, 0.5) is 17.1 Å². The lowest BCUT2D eigenvalue weighted by Gasteiger charge is -2.28. The molecule has 3 nitrogen and oxygen atoms in total. The third-order valence-electron chi connectivity index (χ3n) is 7.50. The highest BCUT2D eigenvalue weighted by Gasteiger charge is 2.26. The Morgan fingerprint density at radius 3 is 2.10 bits per heavy atom. The summed E-state index contributed by atoms with van der Waals surface area (Å²) in [6.45, 7) is 0. The number of aromatic nitrogens is 2. The summed E-state index contributed by atoms with van der Waals surface area (Å²) >= 11 is 1.74. The van der Waals surface area contributed by atoms with Crippen molar-refractivity contribution in [1.29, 1.82) is 0 Å². The van der Waals surface area contributed by atoms with Crippen LogP contribution in [0.5, 0.6) is 0 Å². The number of anilines is 3. The van der Waals surface area contributed by atoms with Gasteiger partial charge in [-0.25, -0.2) is 4.98 Å². The molecule has 5 aromatic carbocycles. The van der Waals surface area contributed by atoms with Crippen LogP contribution >= 0.6 is 11.3 Å². The highest BCUT2D eigenvalue weighted by Crippen LogP contribution is 2.51. The Balaban J connectivity index is 1.40. The maximum atomic E-state index is 4.99. The van der Waals surface area contributed by atoms with Crippen molar-refractivity contribution in [1.82, 2.24) is 9.97 Å². The summed E-state index contributed by atoms with van der Waals surface area (Å²) in [4.78, 5) is 12.0. The van der Waals surface area contributed by atoms with Gasteiger partial charge in [0.15, 0.2) is 0 Å². The van der Waals surface area contributed by atoms with Crippen molar-refractivity contribution < 1.29 is 0 Å². The Kier molecular flexibility index (Phi) is 5.32. The fourth-order valence-electron chi connectivity index (χ4n) is 5.67. The van der Waals surface area contributed by atoms with E-state index in [4.69, 9.17) is 4.98 Å². The molecular formula is C36H23N3S. The lowest BCUT2D eigenvalue weighted by Crippen LogP contribution is -2.11. The zero-order valence-corrected chi connectivity index (χ0v) is 22.3. The second-order valence-corrected chi connectivity index (χ2v) is 10.9. The number of benzene rings is 5. The van der Waals surface area contributed by atoms with Crippen molar-refractivity contribution in [2.75, 3.05) is 4.90 Å². The van der Waals surface area contributed by atoms with Gasteiger partial charge in [-0.1, -0.05) is 84.9 Å². The van der Waals surface area contributed by atoms with Crippen molar-refractivity contribution >= 4 is 38.6 Å². The number of para-hydroxylation sites is 2. The Morgan fingerprint density at radius 1 is 0.525 bits per heavy atom. The summed E-state index contributed by atoms with van der Waals surface area (Å²) in [5.41, 5.74) is 12.4. The number of nitrogens with zero attached hydrogens (tertiary/aromatic N) is 3. The summed E-state index contributed by atoms with van der Waals surface area (Å²) in [5.74, 6) is 0. The molecule has 0 aliphatic carbocycles. The van der Waals surface area contributed by atoms with Crippen LogP contribution in [-0.2, 0) is 0 Å². The van der Waals surface area contributed by atoms with Crippen molar-refractivity contribution in [3.63, 3.8) is 0 Å². The van der Waals surface area contributed by atoms with Gasteiger partial charge in [0, 0.05) is 34.1 Å². The molecule has 8 rings (SSSR count). The minimum atomic E-state index is 0.958. The van der Waals surface area contributed by atoms with E-state index in [0.29, 0.717) is 0 Å². The van der Waals surface area contributed by atoms with E-state index < -0.39 is 0 Å². The minimum Gasteiger partial charge on any atom is -0.309 e. The zero-order chi connectivity index (χ0) is 26.5. The van der Waals surface area contributed by atoms with Crippen LogP contribution in [0, 0.1) is 0 Å². The van der Waals surface area contributed by atoms with Crippen molar-refractivity contribution in [2.24, 2.45) is 0 Å². The second kappa shape index (κ2) is 9.30. The normalized spacial score (nSPS) is 11.9. The summed E-state index contributed by atoms with van der Waals surface area (Å²) in [6, 6.07) is 47.3. The molecule has 1 aliphatic heterocycles. The third-order valence-corrected chi connectivity index (χ3v) is 8.58. The Labute approximate surface area is 236 Å². The molecule has 0 unspecified atom stereocenters. The Morgan fingerprint density at radius 2 is 1.27 bits per heavy atom. The molecule has 0 fully saturated rings. The average Bonchev–Trinajstić information content (AvgIpc) is 3.42. The molecule has 0 spiro atoms. The van der Waals surface area contributed by atoms with E-state index >= 15 is 0 Å². The number of hydrogen-bond donors (Lipinski definition) is 0. The predicted octanol–water partition coefficient (Wildman–Crippen LogP) is 10.1. The van der Waals surface area contributed by atoms with Gasteiger partial charge in [0.2, 0.25) is 0 Å². The third kappa shape index (κ3) is 3.73. The Hall–Kier alpha value is -5.06. The van der Waals surface area contributed by atoms with Gasteiger partial charge in [0.05, 0.1) is 27.3 Å². The number of fused-ring (bicyclic) bond motifs is 6. The molecule has 7 aromatic rings. The van der Waals surface area contributed by atoms with E-state index in [1.54, 1.807) is 11.3 Å². The van der Waals surface area contributed by atoms with Gasteiger partial charge in [-0.3, -0.25) is 4.98 Å². The van der Waals surface area contributed by atoms with Crippen LogP contribution in [-0.4, -0.2) is 9.97 Å². The summed E-state index contributed by atoms with van der Waals surface area (Å²) < 4.78 is 1.20. The molecule has 0 saturated carbocycles. The largest absolute Gasteiger partial charge is 0.309 e. The monoisotopic (exact) mass is 529 g/mol. The van der Waals surface area contributed by atoms with E-state index in [-0.39, 0.29) is 0 Å². The molecule has 188 valence electrons. The fourth-order valence-corrected chi connectivity index (χ4v) is 6.63. The van der Waals surface area contributed by atoms with Crippen LogP contribution in [0.15, 0.2) is 140 Å². The first-order chi connectivity index (χ1) is 19.8. The molecule has 0 N–H and O–H groups in total. The van der Waals surface area contributed by atoms with Crippen LogP contribution in [0.1, 0.15) is 0 Å². The molecule has 0 radical (unpaired) electrons. The van der Waals surface area contributed by atoms with Crippen LogP contribution in [0.3, 0.4) is 0 Å². The molecule has 0 saturated heterocycles. The van der Waals surface area contributed by atoms with Crippen molar-refractivity contribution in [2.45, 2.75) is 0 Å². The van der Waals surface area contributed by atoms with Gasteiger partial charge in [-0.05, 0) is 59.7 Å². The topological polar surface area (TPSA) is 29.0 Å². The van der Waals surface area contributed by atoms with Crippen LogP contribution < -0.4 is 4.90 Å². The van der Waals surface area contributed by atoms with E-state index in [9.17, 15) is 0 Å². The maximum absolute atomic E-state index is 4.99. The molecule has 4 heteroatoms. The lowest BCUT2D eigenvalue weighted by molar-refractivity contribution is 1.28. The first kappa shape index (κ1) is 22.9. The predicted molar refractivity (Wildman–Crippen MR) is 167 cm³/mol. The summed E-state index contributed by atoms with van der Waals surface area (Å²) in [5, 5.41) is 1.03. The number of pyridine rings is 1. The van der Waals surface area contributed by atoms with E-state index in [0.717, 1.165) is 44.4 Å². The minimum absolute atomic E-state index is 0.958. The summed E-state index contributed by atoms with van der Waals surface area (Å²) in [6.07, 6.45) is 1.85. The zero-order valence-electron chi connectivity index (χ0n) is 21.5. The fraction of sp³-hybridized carbons (Fsp3) is 0. The maximum Gasteiger partial charge on any atom is 0.124 e. The number of thiazole rings is 1. The lowest BCUT2D eigenvalue weighted by atomic mass is 9.94. The van der Waals surface area contributed by atoms with Gasteiger partial charge in [0.1, 0.15) is 5.01 Å². The second-order valence-electron chi connectivity index (χ2n) is 9.88. The average molecular weight is 530 g/mol. The van der Waals surface area contributed by atoms with Crippen LogP contribution in [0.25, 0.3) is 54.3 Å². The van der Waals surface area contributed by atoms with Crippen molar-refractivity contribution in [3.8, 4) is 44.1 Å². The van der Waals surface area contributed by atoms with Gasteiger partial charge in [-0.15, -0.1) is 11.3 Å². The van der Waals surface area contributed by atoms with Gasteiger partial charge >= 0.3 is 0 Å². The molecule has 1 aliphatic rings. The smallest absolute Gasteiger partial charge is 0.124 e. The SMILES string of the molecule is c1ccc(-c2cccc(N3c4ccccc4-c4ccccc4-c4ccc(-c5nc6ccccc6s5)cc43)c2)nc1. The molecule has 0 atom stereocenters. The molecular weight excluding hydrogens is 506 g/mol. The number of hydrogen-bond acceptors (Lipinski definition) is 4. The first-order valence-corrected chi connectivity index (χ1v) is 14.2. The first-order valence-electron chi connectivity index (χ1n) is 13.3.